The minimum atomic E-state index is -2.93. The summed E-state index contributed by atoms with van der Waals surface area (Å²) in [7, 11) is 1.42. The normalized spacial score (nSPS) is 9.12. The number of ether oxygens (including phenoxy) is 1. The number of benzene rings is 1. The van der Waals surface area contributed by atoms with Gasteiger partial charge in [-0.1, -0.05) is 26.0 Å². The fourth-order valence-corrected chi connectivity index (χ4v) is 0.988. The number of amides is 1. The Morgan fingerprint density at radius 2 is 1.88 bits per heavy atom. The maximum atomic E-state index is 11.9. The molecule has 90 valence electrons. The molecule has 1 rings (SSSR count). The van der Waals surface area contributed by atoms with Crippen molar-refractivity contribution in [2.24, 2.45) is 0 Å². The van der Waals surface area contributed by atoms with Crippen LogP contribution in [0, 0.1) is 0 Å². The smallest absolute Gasteiger partial charge is 0.387 e. The van der Waals surface area contributed by atoms with E-state index in [2.05, 4.69) is 10.1 Å². The third-order valence-corrected chi connectivity index (χ3v) is 1.57. The van der Waals surface area contributed by atoms with Crippen LogP contribution in [0.25, 0.3) is 0 Å². The third kappa shape index (κ3) is 4.25. The summed E-state index contributed by atoms with van der Waals surface area (Å²) in [6.07, 6.45) is 0. The van der Waals surface area contributed by atoms with E-state index in [1.807, 2.05) is 13.8 Å². The molecule has 1 aromatic rings. The number of alkyl halides is 2. The van der Waals surface area contributed by atoms with Crippen LogP contribution in [-0.4, -0.2) is 19.6 Å². The van der Waals surface area contributed by atoms with Gasteiger partial charge in [0.2, 0.25) is 0 Å². The van der Waals surface area contributed by atoms with E-state index in [9.17, 15) is 13.6 Å². The first kappa shape index (κ1) is 14.3. The first-order chi connectivity index (χ1) is 7.65. The van der Waals surface area contributed by atoms with Crippen molar-refractivity contribution in [3.8, 4) is 5.75 Å². The zero-order valence-corrected chi connectivity index (χ0v) is 9.46. The summed E-state index contributed by atoms with van der Waals surface area (Å²) in [6.45, 7) is 1.07. The van der Waals surface area contributed by atoms with Gasteiger partial charge in [-0.05, 0) is 12.1 Å². The topological polar surface area (TPSA) is 38.3 Å². The predicted octanol–water partition coefficient (Wildman–Crippen LogP) is 2.67. The largest absolute Gasteiger partial charge is 0.434 e. The van der Waals surface area contributed by atoms with E-state index in [1.165, 1.54) is 25.2 Å². The molecule has 0 aliphatic heterocycles. The standard InChI is InChI=1S/C9H9F2NO2.C2H6/c1-12-8(13)6-4-2-3-5-7(6)14-9(10)11;1-2/h2-5,9H,1H3,(H,12,13);1-2H3. The number of hydrogen-bond acceptors (Lipinski definition) is 2. The van der Waals surface area contributed by atoms with E-state index < -0.39 is 12.5 Å². The van der Waals surface area contributed by atoms with Gasteiger partial charge in [-0.25, -0.2) is 0 Å². The van der Waals surface area contributed by atoms with Gasteiger partial charge in [0, 0.05) is 7.05 Å². The molecule has 0 saturated carbocycles. The molecule has 3 nitrogen and oxygen atoms in total. The lowest BCUT2D eigenvalue weighted by atomic mass is 10.2. The average molecular weight is 231 g/mol. The molecule has 0 aliphatic carbocycles. The summed E-state index contributed by atoms with van der Waals surface area (Å²) in [5, 5.41) is 2.33. The van der Waals surface area contributed by atoms with Crippen molar-refractivity contribution in [2.75, 3.05) is 7.05 Å². The second-order valence-electron chi connectivity index (χ2n) is 2.45. The zero-order valence-electron chi connectivity index (χ0n) is 9.46. The number of nitrogens with one attached hydrogen (secondary N) is 1. The highest BCUT2D eigenvalue weighted by atomic mass is 19.3. The number of rotatable bonds is 3. The Morgan fingerprint density at radius 1 is 1.31 bits per heavy atom. The van der Waals surface area contributed by atoms with E-state index in [0.717, 1.165) is 0 Å². The number of halogens is 2. The highest BCUT2D eigenvalue weighted by molar-refractivity contribution is 5.96. The highest BCUT2D eigenvalue weighted by Gasteiger charge is 2.13. The van der Waals surface area contributed by atoms with E-state index in [4.69, 9.17) is 0 Å². The molecule has 1 aromatic carbocycles. The average Bonchev–Trinajstić information content (AvgIpc) is 2.31. The SMILES string of the molecule is CC.CNC(=O)c1ccccc1OC(F)F. The van der Waals surface area contributed by atoms with Crippen LogP contribution in [0.15, 0.2) is 24.3 Å². The third-order valence-electron chi connectivity index (χ3n) is 1.57. The number of para-hydroxylation sites is 1. The Morgan fingerprint density at radius 3 is 2.38 bits per heavy atom. The van der Waals surface area contributed by atoms with Crippen LogP contribution in [0.4, 0.5) is 8.78 Å². The van der Waals surface area contributed by atoms with Crippen LogP contribution >= 0.6 is 0 Å². The summed E-state index contributed by atoms with van der Waals surface area (Å²) in [5.41, 5.74) is 0.0929. The highest BCUT2D eigenvalue weighted by Crippen LogP contribution is 2.19. The summed E-state index contributed by atoms with van der Waals surface area (Å²) in [6, 6.07) is 5.82. The van der Waals surface area contributed by atoms with Gasteiger partial charge in [0.1, 0.15) is 5.75 Å². The van der Waals surface area contributed by atoms with E-state index >= 15 is 0 Å². The second kappa shape index (κ2) is 7.62. The molecule has 0 fully saturated rings. The fraction of sp³-hybridized carbons (Fsp3) is 0.364. The van der Waals surface area contributed by atoms with Gasteiger partial charge in [-0.15, -0.1) is 0 Å². The van der Waals surface area contributed by atoms with Gasteiger partial charge in [-0.3, -0.25) is 4.79 Å². The number of carbonyl (C=O) groups is 1. The Labute approximate surface area is 93.4 Å². The van der Waals surface area contributed by atoms with Crippen molar-refractivity contribution >= 4 is 5.91 Å². The molecule has 0 atom stereocenters. The van der Waals surface area contributed by atoms with Crippen LogP contribution in [0.2, 0.25) is 0 Å². The van der Waals surface area contributed by atoms with Gasteiger partial charge in [0.25, 0.3) is 5.91 Å². The molecule has 5 heteroatoms. The molecule has 0 heterocycles. The molecule has 0 radical (unpaired) electrons. The minimum absolute atomic E-state index is 0.0929. The van der Waals surface area contributed by atoms with Gasteiger partial charge >= 0.3 is 6.61 Å². The Bertz CT molecular complexity index is 330. The van der Waals surface area contributed by atoms with Crippen molar-refractivity contribution in [1.82, 2.24) is 5.32 Å². The monoisotopic (exact) mass is 231 g/mol. The lowest BCUT2D eigenvalue weighted by Gasteiger charge is -2.08. The van der Waals surface area contributed by atoms with E-state index in [1.54, 1.807) is 6.07 Å². The summed E-state index contributed by atoms with van der Waals surface area (Å²) < 4.78 is 28.0. The maximum absolute atomic E-state index is 11.9. The van der Waals surface area contributed by atoms with Crippen molar-refractivity contribution in [3.63, 3.8) is 0 Å². The van der Waals surface area contributed by atoms with Crippen molar-refractivity contribution in [1.29, 1.82) is 0 Å². The Hall–Kier alpha value is -1.65. The summed E-state index contributed by atoms with van der Waals surface area (Å²) >= 11 is 0. The second-order valence-corrected chi connectivity index (χ2v) is 2.45. The molecule has 0 saturated heterocycles. The lowest BCUT2D eigenvalue weighted by Crippen LogP contribution is -2.19. The molecule has 0 spiro atoms. The Balaban J connectivity index is 0.00000106. The molecule has 0 unspecified atom stereocenters. The molecular weight excluding hydrogens is 216 g/mol. The molecular formula is C11H15F2NO2. The molecule has 1 N–H and O–H groups in total. The number of carbonyl (C=O) groups excluding carboxylic acids is 1. The quantitative estimate of drug-likeness (QED) is 0.868. The van der Waals surface area contributed by atoms with Crippen LogP contribution in [0.3, 0.4) is 0 Å². The van der Waals surface area contributed by atoms with Crippen molar-refractivity contribution in [2.45, 2.75) is 20.5 Å². The molecule has 16 heavy (non-hydrogen) atoms. The molecule has 0 bridgehead atoms. The summed E-state index contributed by atoms with van der Waals surface area (Å²) in [4.78, 5) is 11.2. The van der Waals surface area contributed by atoms with Gasteiger partial charge < -0.3 is 10.1 Å². The van der Waals surface area contributed by atoms with Crippen molar-refractivity contribution in [3.05, 3.63) is 29.8 Å². The van der Waals surface area contributed by atoms with Crippen LogP contribution in [0.5, 0.6) is 5.75 Å². The predicted molar refractivity (Wildman–Crippen MR) is 57.8 cm³/mol. The summed E-state index contributed by atoms with van der Waals surface area (Å²) in [5.74, 6) is -0.580. The van der Waals surface area contributed by atoms with Gasteiger partial charge in [-0.2, -0.15) is 8.78 Å². The van der Waals surface area contributed by atoms with Gasteiger partial charge in [0.15, 0.2) is 0 Å². The van der Waals surface area contributed by atoms with Crippen molar-refractivity contribution < 1.29 is 18.3 Å². The number of hydrogen-bond donors (Lipinski definition) is 1. The van der Waals surface area contributed by atoms with Crippen LogP contribution < -0.4 is 10.1 Å². The lowest BCUT2D eigenvalue weighted by molar-refractivity contribution is -0.0501. The molecule has 1 amide bonds. The first-order valence-corrected chi connectivity index (χ1v) is 4.91. The molecule has 0 aromatic heterocycles. The maximum Gasteiger partial charge on any atom is 0.387 e. The Kier molecular flexibility index (Phi) is 6.83. The van der Waals surface area contributed by atoms with Crippen LogP contribution in [-0.2, 0) is 0 Å². The zero-order chi connectivity index (χ0) is 12.6. The van der Waals surface area contributed by atoms with Gasteiger partial charge in [0.05, 0.1) is 5.56 Å². The minimum Gasteiger partial charge on any atom is -0.434 e. The van der Waals surface area contributed by atoms with Crippen LogP contribution in [0.1, 0.15) is 24.2 Å². The van der Waals surface area contributed by atoms with E-state index in [0.29, 0.717) is 0 Å². The van der Waals surface area contributed by atoms with E-state index in [-0.39, 0.29) is 11.3 Å². The fourth-order valence-electron chi connectivity index (χ4n) is 0.988. The molecule has 0 aliphatic rings. The first-order valence-electron chi connectivity index (χ1n) is 4.91.